The fourth-order valence-corrected chi connectivity index (χ4v) is 4.26. The smallest absolute Gasteiger partial charge is 0.254 e. The lowest BCUT2D eigenvalue weighted by molar-refractivity contribution is 0.0565. The monoisotopic (exact) mass is 399 g/mol. The number of likely N-dealkylation sites (N-methyl/N-ethyl adjacent to an activating group) is 1. The Labute approximate surface area is 171 Å². The van der Waals surface area contributed by atoms with Crippen molar-refractivity contribution in [3.05, 3.63) is 30.1 Å². The minimum Gasteiger partial charge on any atom is -0.494 e. The zero-order valence-corrected chi connectivity index (χ0v) is 17.2. The Morgan fingerprint density at radius 3 is 2.69 bits per heavy atom. The summed E-state index contributed by atoms with van der Waals surface area (Å²) in [5, 5.41) is 11.3. The lowest BCUT2D eigenvalue weighted by atomic mass is 10.0. The molecule has 0 radical (unpaired) electrons. The van der Waals surface area contributed by atoms with Gasteiger partial charge in [0.25, 0.3) is 5.91 Å². The molecule has 1 aromatic heterocycles. The van der Waals surface area contributed by atoms with Crippen molar-refractivity contribution in [2.75, 3.05) is 53.4 Å². The normalized spacial score (nSPS) is 21.3. The van der Waals surface area contributed by atoms with Crippen LogP contribution < -0.4 is 4.74 Å². The third-order valence-corrected chi connectivity index (χ3v) is 6.07. The summed E-state index contributed by atoms with van der Waals surface area (Å²) in [6.45, 7) is 5.65. The highest BCUT2D eigenvalue weighted by Crippen LogP contribution is 2.24. The average Bonchev–Trinajstić information content (AvgIpc) is 3.30. The molecule has 9 heteroatoms. The molecular formula is C20H29N7O2. The van der Waals surface area contributed by atoms with Gasteiger partial charge in [-0.3, -0.25) is 9.69 Å². The predicted molar refractivity (Wildman–Crippen MR) is 108 cm³/mol. The van der Waals surface area contributed by atoms with E-state index in [4.69, 9.17) is 4.74 Å². The zero-order chi connectivity index (χ0) is 20.2. The van der Waals surface area contributed by atoms with E-state index >= 15 is 0 Å². The molecule has 2 aliphatic rings. The number of hydrogen-bond donors (Lipinski definition) is 0. The van der Waals surface area contributed by atoms with Crippen molar-refractivity contribution >= 4 is 5.91 Å². The summed E-state index contributed by atoms with van der Waals surface area (Å²) in [6, 6.07) is 6.03. The summed E-state index contributed by atoms with van der Waals surface area (Å²) in [6.07, 6.45) is 5.41. The lowest BCUT2D eigenvalue weighted by Gasteiger charge is -2.40. The predicted octanol–water partition coefficient (Wildman–Crippen LogP) is 0.913. The minimum absolute atomic E-state index is 0.0383. The van der Waals surface area contributed by atoms with Gasteiger partial charge >= 0.3 is 0 Å². The first kappa shape index (κ1) is 19.8. The van der Waals surface area contributed by atoms with Gasteiger partial charge < -0.3 is 14.5 Å². The number of piperidine rings is 1. The second-order valence-corrected chi connectivity index (χ2v) is 7.86. The number of methoxy groups -OCH3 is 1. The number of benzene rings is 1. The van der Waals surface area contributed by atoms with Crippen LogP contribution in [0, 0.1) is 0 Å². The van der Waals surface area contributed by atoms with Crippen LogP contribution in [0.3, 0.4) is 0 Å². The third kappa shape index (κ3) is 4.40. The van der Waals surface area contributed by atoms with Gasteiger partial charge in [-0.05, 0) is 55.1 Å². The number of piperazine rings is 1. The summed E-state index contributed by atoms with van der Waals surface area (Å²) >= 11 is 0. The number of rotatable bonds is 5. The van der Waals surface area contributed by atoms with E-state index in [1.807, 2.05) is 4.90 Å². The van der Waals surface area contributed by atoms with Crippen molar-refractivity contribution in [1.29, 1.82) is 0 Å². The first-order valence-corrected chi connectivity index (χ1v) is 10.3. The summed E-state index contributed by atoms with van der Waals surface area (Å²) in [7, 11) is 3.82. The molecule has 1 aromatic carbocycles. The fourth-order valence-electron chi connectivity index (χ4n) is 4.26. The number of amides is 1. The Balaban J connectivity index is 1.39. The molecule has 0 spiro atoms. The highest BCUT2D eigenvalue weighted by atomic mass is 16.5. The van der Waals surface area contributed by atoms with E-state index in [1.165, 1.54) is 36.8 Å². The Hall–Kier alpha value is -2.52. The number of hydrogen-bond acceptors (Lipinski definition) is 7. The molecule has 4 rings (SSSR count). The lowest BCUT2D eigenvalue weighted by Crippen LogP contribution is -2.53. The minimum atomic E-state index is 0.0383. The van der Waals surface area contributed by atoms with Crippen LogP contribution in [0.2, 0.25) is 0 Å². The second kappa shape index (κ2) is 8.87. The molecule has 0 bridgehead atoms. The maximum absolute atomic E-state index is 13.1. The van der Waals surface area contributed by atoms with Crippen molar-refractivity contribution < 1.29 is 9.53 Å². The Kier molecular flexibility index (Phi) is 6.05. The van der Waals surface area contributed by atoms with E-state index in [0.29, 0.717) is 23.0 Å². The molecule has 9 nitrogen and oxygen atoms in total. The molecule has 1 amide bonds. The molecule has 2 saturated heterocycles. The van der Waals surface area contributed by atoms with Crippen molar-refractivity contribution in [3.8, 4) is 11.4 Å². The molecule has 156 valence electrons. The van der Waals surface area contributed by atoms with E-state index in [2.05, 4.69) is 32.4 Å². The molecular weight excluding hydrogens is 370 g/mol. The molecule has 1 unspecified atom stereocenters. The van der Waals surface area contributed by atoms with Gasteiger partial charge in [0.05, 0.1) is 7.11 Å². The molecule has 0 aliphatic carbocycles. The van der Waals surface area contributed by atoms with Crippen LogP contribution in [0.25, 0.3) is 5.69 Å². The van der Waals surface area contributed by atoms with Gasteiger partial charge in [-0.2, -0.15) is 4.68 Å². The van der Waals surface area contributed by atoms with Gasteiger partial charge in [-0.15, -0.1) is 5.10 Å². The maximum Gasteiger partial charge on any atom is 0.254 e. The standard InChI is InChI=1S/C20H29N7O2/c1-24-8-4-3-5-17(24)14-25-9-11-26(12-10-25)20(28)16-6-7-19(29-2)18(13-16)27-15-21-22-23-27/h6-7,13,15,17H,3-5,8-12,14H2,1-2H3. The van der Waals surface area contributed by atoms with Crippen molar-refractivity contribution in [2.45, 2.75) is 25.3 Å². The number of tetrazole rings is 1. The topological polar surface area (TPSA) is 79.6 Å². The first-order chi connectivity index (χ1) is 14.2. The molecule has 0 saturated carbocycles. The molecule has 2 aliphatic heterocycles. The van der Waals surface area contributed by atoms with Gasteiger partial charge in [-0.1, -0.05) is 6.42 Å². The highest BCUT2D eigenvalue weighted by molar-refractivity contribution is 5.95. The maximum atomic E-state index is 13.1. The summed E-state index contributed by atoms with van der Waals surface area (Å²) in [5.74, 6) is 0.659. The Morgan fingerprint density at radius 1 is 1.17 bits per heavy atom. The summed E-state index contributed by atoms with van der Waals surface area (Å²) in [5.41, 5.74) is 1.28. The van der Waals surface area contributed by atoms with E-state index in [9.17, 15) is 4.79 Å². The fraction of sp³-hybridized carbons (Fsp3) is 0.600. The van der Waals surface area contributed by atoms with Gasteiger partial charge in [0, 0.05) is 44.3 Å². The Morgan fingerprint density at radius 2 is 2.00 bits per heavy atom. The number of likely N-dealkylation sites (tertiary alicyclic amines) is 1. The van der Waals surface area contributed by atoms with E-state index in [-0.39, 0.29) is 5.91 Å². The van der Waals surface area contributed by atoms with Crippen molar-refractivity contribution in [1.82, 2.24) is 34.9 Å². The van der Waals surface area contributed by atoms with Crippen LogP contribution in [0.15, 0.2) is 24.5 Å². The van der Waals surface area contributed by atoms with Gasteiger partial charge in [0.1, 0.15) is 17.8 Å². The molecule has 29 heavy (non-hydrogen) atoms. The molecule has 0 N–H and O–H groups in total. The van der Waals surface area contributed by atoms with E-state index in [0.717, 1.165) is 32.7 Å². The van der Waals surface area contributed by atoms with Gasteiger partial charge in [0.15, 0.2) is 0 Å². The zero-order valence-electron chi connectivity index (χ0n) is 17.2. The second-order valence-electron chi connectivity index (χ2n) is 7.86. The highest BCUT2D eigenvalue weighted by Gasteiger charge is 2.26. The number of ether oxygens (including phenoxy) is 1. The number of carbonyl (C=O) groups is 1. The molecule has 1 atom stereocenters. The van der Waals surface area contributed by atoms with Crippen LogP contribution >= 0.6 is 0 Å². The first-order valence-electron chi connectivity index (χ1n) is 10.3. The van der Waals surface area contributed by atoms with Gasteiger partial charge in [0.2, 0.25) is 0 Å². The number of aromatic nitrogens is 4. The van der Waals surface area contributed by atoms with Crippen molar-refractivity contribution in [2.24, 2.45) is 0 Å². The number of carbonyl (C=O) groups excluding carboxylic acids is 1. The molecule has 3 heterocycles. The summed E-state index contributed by atoms with van der Waals surface area (Å²) in [4.78, 5) is 20.0. The SMILES string of the molecule is COc1ccc(C(=O)N2CCN(CC3CCCCN3C)CC2)cc1-n1cnnn1. The summed E-state index contributed by atoms with van der Waals surface area (Å²) < 4.78 is 6.90. The molecule has 2 aromatic rings. The quantitative estimate of drug-likeness (QED) is 0.739. The third-order valence-electron chi connectivity index (χ3n) is 6.07. The van der Waals surface area contributed by atoms with Crippen LogP contribution in [0.5, 0.6) is 5.75 Å². The van der Waals surface area contributed by atoms with E-state index < -0.39 is 0 Å². The average molecular weight is 399 g/mol. The van der Waals surface area contributed by atoms with E-state index in [1.54, 1.807) is 25.3 Å². The largest absolute Gasteiger partial charge is 0.494 e. The number of nitrogens with zero attached hydrogens (tertiary/aromatic N) is 7. The van der Waals surface area contributed by atoms with Gasteiger partial charge in [-0.25, -0.2) is 0 Å². The van der Waals surface area contributed by atoms with Crippen molar-refractivity contribution in [3.63, 3.8) is 0 Å². The van der Waals surface area contributed by atoms with Crippen LogP contribution in [-0.4, -0.2) is 100 Å². The Bertz CT molecular complexity index is 818. The van der Waals surface area contributed by atoms with Crippen LogP contribution in [0.4, 0.5) is 0 Å². The van der Waals surface area contributed by atoms with Crippen LogP contribution in [-0.2, 0) is 0 Å². The van der Waals surface area contributed by atoms with Crippen LogP contribution in [0.1, 0.15) is 29.6 Å². The molecule has 2 fully saturated rings.